The second-order valence-corrected chi connectivity index (χ2v) is 10.5. The smallest absolute Gasteiger partial charge is 0.0642 e. The Bertz CT molecular complexity index is 663. The van der Waals surface area contributed by atoms with Crippen molar-refractivity contribution in [1.29, 1.82) is 0 Å². The number of hydrogen-bond acceptors (Lipinski definition) is 3. The van der Waals surface area contributed by atoms with E-state index in [9.17, 15) is 5.11 Å². The second kappa shape index (κ2) is 6.35. The molecule has 1 aliphatic heterocycles. The number of nitrogens with zero attached hydrogens (tertiary/aromatic N) is 1. The summed E-state index contributed by atoms with van der Waals surface area (Å²) in [6.45, 7) is 11.5. The summed E-state index contributed by atoms with van der Waals surface area (Å²) in [6, 6.07) is 0. The molecule has 5 rings (SSSR count). The lowest BCUT2D eigenvalue weighted by Crippen LogP contribution is -2.53. The van der Waals surface area contributed by atoms with Crippen LogP contribution in [0.1, 0.15) is 59.3 Å². The van der Waals surface area contributed by atoms with Crippen LogP contribution in [0.25, 0.3) is 0 Å². The normalized spacial score (nSPS) is 49.6. The molecule has 2 saturated carbocycles. The number of morpholine rings is 1. The fourth-order valence-corrected chi connectivity index (χ4v) is 7.84. The maximum Gasteiger partial charge on any atom is 0.0642 e. The number of hydrogen-bond donors (Lipinski definition) is 1. The van der Waals surface area contributed by atoms with Crippen molar-refractivity contribution in [2.24, 2.45) is 34.5 Å². The van der Waals surface area contributed by atoms with Gasteiger partial charge in [0.1, 0.15) is 0 Å². The highest BCUT2D eigenvalue weighted by Crippen LogP contribution is 2.66. The van der Waals surface area contributed by atoms with Crippen LogP contribution in [0, 0.1) is 34.5 Å². The summed E-state index contributed by atoms with van der Waals surface area (Å²) in [6.07, 6.45) is 12.1. The maximum absolute atomic E-state index is 10.3. The Labute approximate surface area is 164 Å². The molecule has 3 nitrogen and oxygen atoms in total. The van der Waals surface area contributed by atoms with E-state index in [1.54, 1.807) is 11.3 Å². The van der Waals surface area contributed by atoms with Crippen LogP contribution in [0.5, 0.6) is 0 Å². The quantitative estimate of drug-likeness (QED) is 0.694. The molecule has 5 aliphatic rings. The Balaban J connectivity index is 1.46. The molecular formula is C24H37NO2. The van der Waals surface area contributed by atoms with E-state index in [0.717, 1.165) is 56.9 Å². The van der Waals surface area contributed by atoms with Crippen molar-refractivity contribution in [3.63, 3.8) is 0 Å². The first-order valence-corrected chi connectivity index (χ1v) is 11.4. The third-order valence-corrected chi connectivity index (χ3v) is 9.30. The third-order valence-electron chi connectivity index (χ3n) is 9.30. The summed E-state index contributed by atoms with van der Waals surface area (Å²) in [5.74, 6) is 3.02. The lowest BCUT2D eigenvalue weighted by atomic mass is 9.46. The van der Waals surface area contributed by atoms with Gasteiger partial charge in [-0.2, -0.15) is 0 Å². The zero-order valence-corrected chi connectivity index (χ0v) is 17.4. The molecule has 1 saturated heterocycles. The molecule has 4 aliphatic carbocycles. The molecular weight excluding hydrogens is 334 g/mol. The lowest BCUT2D eigenvalue weighted by molar-refractivity contribution is -0.0579. The molecule has 0 aromatic carbocycles. The first-order valence-electron chi connectivity index (χ1n) is 11.4. The van der Waals surface area contributed by atoms with E-state index < -0.39 is 0 Å². The molecule has 150 valence electrons. The molecule has 0 amide bonds. The largest absolute Gasteiger partial charge is 0.393 e. The van der Waals surface area contributed by atoms with Crippen LogP contribution < -0.4 is 0 Å². The number of ether oxygens (including phenoxy) is 1. The van der Waals surface area contributed by atoms with Crippen molar-refractivity contribution in [2.45, 2.75) is 65.4 Å². The average Bonchev–Trinajstić information content (AvgIpc) is 3.01. The van der Waals surface area contributed by atoms with Crippen LogP contribution in [0.15, 0.2) is 23.4 Å². The molecule has 0 bridgehead atoms. The number of rotatable bonds is 1. The van der Waals surface area contributed by atoms with Gasteiger partial charge in [0.25, 0.3) is 0 Å². The van der Waals surface area contributed by atoms with Gasteiger partial charge in [0, 0.05) is 24.2 Å². The van der Waals surface area contributed by atoms with Crippen LogP contribution in [-0.4, -0.2) is 42.4 Å². The molecule has 3 heteroatoms. The summed E-state index contributed by atoms with van der Waals surface area (Å²) in [7, 11) is 0. The van der Waals surface area contributed by atoms with Gasteiger partial charge in [0.15, 0.2) is 0 Å². The first-order chi connectivity index (χ1) is 12.9. The summed E-state index contributed by atoms with van der Waals surface area (Å²) in [4.78, 5) is 2.64. The molecule has 2 unspecified atom stereocenters. The maximum atomic E-state index is 10.3. The molecule has 7 atom stereocenters. The Morgan fingerprint density at radius 3 is 2.59 bits per heavy atom. The van der Waals surface area contributed by atoms with Crippen LogP contribution >= 0.6 is 0 Å². The van der Waals surface area contributed by atoms with E-state index in [2.05, 4.69) is 37.8 Å². The molecule has 0 aromatic heterocycles. The Hall–Kier alpha value is -0.800. The standard InChI is InChI=1S/C24H37NO2/c1-16-14-17-15-18(26)6-8-23(17,2)20-7-9-24(3)19(22(16)20)4-5-21(24)25-10-12-27-13-11-25/h5,14,16,18-20,22,26H,4,6-13,15H2,1-3H3/t16?,18?,19-,20-,22-,23-,24-/m0/s1. The van der Waals surface area contributed by atoms with E-state index in [-0.39, 0.29) is 6.10 Å². The predicted octanol–water partition coefficient (Wildman–Crippen LogP) is 4.38. The third kappa shape index (κ3) is 2.60. The van der Waals surface area contributed by atoms with E-state index in [4.69, 9.17) is 4.74 Å². The number of aliphatic hydroxyl groups excluding tert-OH is 1. The topological polar surface area (TPSA) is 32.7 Å². The van der Waals surface area contributed by atoms with Gasteiger partial charge in [0.2, 0.25) is 0 Å². The number of aliphatic hydroxyl groups is 1. The molecule has 1 N–H and O–H groups in total. The molecule has 27 heavy (non-hydrogen) atoms. The monoisotopic (exact) mass is 371 g/mol. The van der Waals surface area contributed by atoms with Crippen molar-refractivity contribution in [3.8, 4) is 0 Å². The van der Waals surface area contributed by atoms with Gasteiger partial charge >= 0.3 is 0 Å². The van der Waals surface area contributed by atoms with E-state index in [0.29, 0.717) is 16.7 Å². The van der Waals surface area contributed by atoms with Gasteiger partial charge in [-0.25, -0.2) is 0 Å². The molecule has 0 radical (unpaired) electrons. The minimum atomic E-state index is -0.108. The van der Waals surface area contributed by atoms with Crippen molar-refractivity contribution < 1.29 is 9.84 Å². The van der Waals surface area contributed by atoms with Crippen molar-refractivity contribution in [3.05, 3.63) is 23.4 Å². The Morgan fingerprint density at radius 1 is 1.07 bits per heavy atom. The molecule has 0 spiro atoms. The SMILES string of the molecule is CC1C=C2CC(O)CC[C@]2(C)[C@H]2CC[C@]3(C)C(N4CCOCC4)=CC[C@H]3[C@H]12. The van der Waals surface area contributed by atoms with Gasteiger partial charge in [-0.15, -0.1) is 0 Å². The lowest BCUT2D eigenvalue weighted by Gasteiger charge is -2.60. The van der Waals surface area contributed by atoms with Gasteiger partial charge in [-0.3, -0.25) is 0 Å². The van der Waals surface area contributed by atoms with E-state index in [1.807, 2.05) is 0 Å². The molecule has 0 aromatic rings. The molecule has 3 fully saturated rings. The van der Waals surface area contributed by atoms with Gasteiger partial charge in [-0.1, -0.05) is 38.5 Å². The van der Waals surface area contributed by atoms with E-state index in [1.165, 1.54) is 25.7 Å². The number of fused-ring (bicyclic) bond motifs is 5. The van der Waals surface area contributed by atoms with Gasteiger partial charge < -0.3 is 14.7 Å². The Kier molecular flexibility index (Phi) is 4.29. The second-order valence-electron chi connectivity index (χ2n) is 10.5. The van der Waals surface area contributed by atoms with Gasteiger partial charge in [0.05, 0.1) is 19.3 Å². The van der Waals surface area contributed by atoms with E-state index >= 15 is 0 Å². The highest BCUT2D eigenvalue weighted by molar-refractivity contribution is 5.31. The minimum absolute atomic E-state index is 0.108. The molecule has 1 heterocycles. The summed E-state index contributed by atoms with van der Waals surface area (Å²) in [5.41, 5.74) is 3.90. The summed E-state index contributed by atoms with van der Waals surface area (Å²) >= 11 is 0. The zero-order valence-electron chi connectivity index (χ0n) is 17.4. The first kappa shape index (κ1) is 18.2. The zero-order chi connectivity index (χ0) is 18.8. The van der Waals surface area contributed by atoms with Gasteiger partial charge in [-0.05, 0) is 67.6 Å². The predicted molar refractivity (Wildman–Crippen MR) is 108 cm³/mol. The van der Waals surface area contributed by atoms with Crippen molar-refractivity contribution in [2.75, 3.05) is 26.3 Å². The highest BCUT2D eigenvalue weighted by atomic mass is 16.5. The fourth-order valence-electron chi connectivity index (χ4n) is 7.84. The summed E-state index contributed by atoms with van der Waals surface area (Å²) < 4.78 is 5.62. The van der Waals surface area contributed by atoms with Crippen molar-refractivity contribution >= 4 is 0 Å². The number of allylic oxidation sites excluding steroid dienone is 3. The Morgan fingerprint density at radius 2 is 1.81 bits per heavy atom. The average molecular weight is 372 g/mol. The van der Waals surface area contributed by atoms with Crippen LogP contribution in [0.4, 0.5) is 0 Å². The van der Waals surface area contributed by atoms with Crippen molar-refractivity contribution in [1.82, 2.24) is 4.90 Å². The van der Waals surface area contributed by atoms with Crippen LogP contribution in [0.3, 0.4) is 0 Å². The highest BCUT2D eigenvalue weighted by Gasteiger charge is 2.58. The fraction of sp³-hybridized carbons (Fsp3) is 0.833. The minimum Gasteiger partial charge on any atom is -0.393 e. The van der Waals surface area contributed by atoms with Crippen LogP contribution in [-0.2, 0) is 4.74 Å². The van der Waals surface area contributed by atoms with Crippen LogP contribution in [0.2, 0.25) is 0 Å². The summed E-state index contributed by atoms with van der Waals surface area (Å²) in [5, 5.41) is 10.3.